The van der Waals surface area contributed by atoms with Gasteiger partial charge >= 0.3 is 0 Å². The fraction of sp³-hybridized carbons (Fsp3) is 0. The van der Waals surface area contributed by atoms with Crippen molar-refractivity contribution >= 4 is 60.7 Å². The van der Waals surface area contributed by atoms with Crippen LogP contribution in [-0.2, 0) is 0 Å². The van der Waals surface area contributed by atoms with Crippen LogP contribution in [0.25, 0.3) is 103 Å². The molecule has 0 radical (unpaired) electrons. The predicted octanol–water partition coefficient (Wildman–Crippen LogP) is 14.1. The van der Waals surface area contributed by atoms with Crippen LogP contribution in [0.4, 0.5) is 17.1 Å². The van der Waals surface area contributed by atoms with Crippen molar-refractivity contribution in [2.45, 2.75) is 0 Å². The summed E-state index contributed by atoms with van der Waals surface area (Å²) in [6.45, 7) is 23.5. The highest BCUT2D eigenvalue weighted by Gasteiger charge is 2.20. The van der Waals surface area contributed by atoms with E-state index in [0.717, 1.165) is 77.2 Å². The zero-order chi connectivity index (χ0) is 42.5. The Morgan fingerprint density at radius 2 is 0.871 bits per heavy atom. The van der Waals surface area contributed by atoms with E-state index in [1.54, 1.807) is 48.5 Å². The molecule has 10 rings (SSSR count). The topological polar surface area (TPSA) is 94.3 Å². The Balaban J connectivity index is 1.19. The molecule has 0 aliphatic heterocycles. The summed E-state index contributed by atoms with van der Waals surface area (Å²) in [7, 11) is 0. The SMILES string of the molecule is [C-]#[N+]c1cc(C#N)cc(-c2ccc3c4ccccc4n(-c4ccc(C#N)c(-c5cc(-n6c7ccccc7c7ccc(-c8cc(C#N)cc([N+]#[C-])c8)cc76)ccc5[N+]#[C-])c4)c3c2)c1. The van der Waals surface area contributed by atoms with E-state index < -0.39 is 0 Å². The number of fused-ring (bicyclic) bond motifs is 6. The van der Waals surface area contributed by atoms with Gasteiger partial charge in [-0.2, -0.15) is 15.8 Å². The Morgan fingerprint density at radius 3 is 1.35 bits per heavy atom. The highest BCUT2D eigenvalue weighted by molar-refractivity contribution is 6.11. The minimum atomic E-state index is 0.385. The van der Waals surface area contributed by atoms with E-state index in [2.05, 4.69) is 90.4 Å². The summed E-state index contributed by atoms with van der Waals surface area (Å²) >= 11 is 0. The fourth-order valence-electron chi connectivity index (χ4n) is 8.64. The van der Waals surface area contributed by atoms with Crippen molar-refractivity contribution in [2.24, 2.45) is 0 Å². The van der Waals surface area contributed by atoms with E-state index in [1.807, 2.05) is 60.7 Å². The Hall–Kier alpha value is -9.70. The summed E-state index contributed by atoms with van der Waals surface area (Å²) in [6.07, 6.45) is 0. The van der Waals surface area contributed by atoms with Gasteiger partial charge in [-0.1, -0.05) is 66.7 Å². The molecule has 0 aliphatic rings. The minimum Gasteiger partial charge on any atom is -0.309 e. The molecule has 0 saturated heterocycles. The molecule has 10 aromatic rings. The summed E-state index contributed by atoms with van der Waals surface area (Å²) < 4.78 is 4.31. The lowest BCUT2D eigenvalue weighted by molar-refractivity contribution is 1.17. The lowest BCUT2D eigenvalue weighted by atomic mass is 9.97. The Labute approximate surface area is 355 Å². The van der Waals surface area contributed by atoms with Crippen molar-refractivity contribution in [3.8, 4) is 63.0 Å². The number of hydrogen-bond donors (Lipinski definition) is 0. The van der Waals surface area contributed by atoms with Gasteiger partial charge in [0.25, 0.3) is 0 Å². The van der Waals surface area contributed by atoms with E-state index in [1.165, 1.54) is 0 Å². The van der Waals surface area contributed by atoms with Crippen molar-refractivity contribution in [3.05, 3.63) is 209 Å². The molecule has 0 aliphatic carbocycles. The molecule has 62 heavy (non-hydrogen) atoms. The number of nitriles is 3. The molecule has 0 spiro atoms. The zero-order valence-electron chi connectivity index (χ0n) is 32.6. The molecule has 0 saturated carbocycles. The Bertz CT molecular complexity index is 3520. The monoisotopic (exact) mass is 786 g/mol. The average Bonchev–Trinajstić information content (AvgIpc) is 3.85. The molecule has 0 N–H and O–H groups in total. The third-order valence-electron chi connectivity index (χ3n) is 11.4. The maximum atomic E-state index is 10.6. The van der Waals surface area contributed by atoms with Crippen LogP contribution in [0.1, 0.15) is 16.7 Å². The lowest BCUT2D eigenvalue weighted by Crippen LogP contribution is -1.98. The summed E-state index contributed by atoms with van der Waals surface area (Å²) in [5.41, 5.74) is 12.1. The molecule has 2 heterocycles. The standard InChI is InChI=1S/C54H26N8/c1-58-40-22-33(30-55)20-38(24-40)35-13-17-46-44-8-4-6-10-51(44)61(53(46)26-35)42-15-12-37(32-57)48(28-42)49-29-43(16-19-50(49)60-3)62-52-11-7-5-9-45(52)47-18-14-36(27-54(47)62)39-21-34(31-56)23-41(25-39)59-2/h4-29H. The fourth-order valence-corrected chi connectivity index (χ4v) is 8.64. The first-order valence-corrected chi connectivity index (χ1v) is 19.4. The van der Waals surface area contributed by atoms with Crippen LogP contribution < -0.4 is 0 Å². The van der Waals surface area contributed by atoms with E-state index in [9.17, 15) is 15.8 Å². The van der Waals surface area contributed by atoms with Gasteiger partial charge in [-0.15, -0.1) is 0 Å². The number of hydrogen-bond acceptors (Lipinski definition) is 3. The summed E-state index contributed by atoms with van der Waals surface area (Å²) in [6, 6.07) is 57.0. The number of nitrogens with zero attached hydrogens (tertiary/aromatic N) is 8. The van der Waals surface area contributed by atoms with Crippen molar-refractivity contribution in [2.75, 3.05) is 0 Å². The molecule has 0 amide bonds. The van der Waals surface area contributed by atoms with E-state index in [4.69, 9.17) is 19.7 Å². The van der Waals surface area contributed by atoms with Gasteiger partial charge in [0.15, 0.2) is 17.1 Å². The molecule has 2 aromatic heterocycles. The lowest BCUT2D eigenvalue weighted by Gasteiger charge is -2.15. The Kier molecular flexibility index (Phi) is 8.62. The largest absolute Gasteiger partial charge is 0.309 e. The molecule has 0 atom stereocenters. The summed E-state index contributed by atoms with van der Waals surface area (Å²) in [5.74, 6) is 0. The van der Waals surface area contributed by atoms with Crippen molar-refractivity contribution in [1.82, 2.24) is 9.13 Å². The van der Waals surface area contributed by atoms with Crippen LogP contribution in [0.15, 0.2) is 158 Å². The van der Waals surface area contributed by atoms with E-state index >= 15 is 0 Å². The second kappa shape index (κ2) is 14.6. The quantitative estimate of drug-likeness (QED) is 0.163. The van der Waals surface area contributed by atoms with Gasteiger partial charge in [-0.05, 0) is 124 Å². The summed E-state index contributed by atoms with van der Waals surface area (Å²) in [4.78, 5) is 11.2. The maximum Gasteiger partial charge on any atom is 0.195 e. The van der Waals surface area contributed by atoms with Gasteiger partial charge < -0.3 is 9.13 Å². The number of benzene rings is 8. The molecule has 8 nitrogen and oxygen atoms in total. The molecule has 0 bridgehead atoms. The predicted molar refractivity (Wildman–Crippen MR) is 244 cm³/mol. The van der Waals surface area contributed by atoms with E-state index in [0.29, 0.717) is 44.9 Å². The Morgan fingerprint density at radius 1 is 0.387 bits per heavy atom. The average molecular weight is 787 g/mol. The highest BCUT2D eigenvalue weighted by atomic mass is 15.0. The molecule has 8 heteroatoms. The first kappa shape index (κ1) is 36.6. The molecular formula is C54H26N8. The van der Waals surface area contributed by atoms with Crippen LogP contribution >= 0.6 is 0 Å². The zero-order valence-corrected chi connectivity index (χ0v) is 32.6. The van der Waals surface area contributed by atoms with Crippen molar-refractivity contribution < 1.29 is 0 Å². The number of para-hydroxylation sites is 2. The van der Waals surface area contributed by atoms with Gasteiger partial charge in [-0.3, -0.25) is 0 Å². The molecule has 282 valence electrons. The smallest absolute Gasteiger partial charge is 0.195 e. The van der Waals surface area contributed by atoms with Crippen molar-refractivity contribution in [3.63, 3.8) is 0 Å². The maximum absolute atomic E-state index is 10.6. The van der Waals surface area contributed by atoms with Crippen molar-refractivity contribution in [1.29, 1.82) is 15.8 Å². The second-order valence-electron chi connectivity index (χ2n) is 14.8. The van der Waals surface area contributed by atoms with Crippen LogP contribution in [0, 0.1) is 53.7 Å². The highest BCUT2D eigenvalue weighted by Crippen LogP contribution is 2.42. The first-order chi connectivity index (χ1) is 30.4. The van der Waals surface area contributed by atoms with E-state index in [-0.39, 0.29) is 0 Å². The van der Waals surface area contributed by atoms with Gasteiger partial charge in [0.1, 0.15) is 0 Å². The molecule has 0 unspecified atom stereocenters. The van der Waals surface area contributed by atoms with Crippen LogP contribution in [-0.4, -0.2) is 9.13 Å². The van der Waals surface area contributed by atoms with Crippen LogP contribution in [0.5, 0.6) is 0 Å². The second-order valence-corrected chi connectivity index (χ2v) is 14.8. The third-order valence-corrected chi connectivity index (χ3v) is 11.4. The van der Waals surface area contributed by atoms with Gasteiger partial charge in [0, 0.05) is 44.0 Å². The molecule has 8 aromatic carbocycles. The number of aromatic nitrogens is 2. The first-order valence-electron chi connectivity index (χ1n) is 19.4. The summed E-state index contributed by atoms with van der Waals surface area (Å²) in [5, 5.41) is 34.1. The number of rotatable bonds is 5. The van der Waals surface area contributed by atoms with Crippen LogP contribution in [0.3, 0.4) is 0 Å². The van der Waals surface area contributed by atoms with Gasteiger partial charge in [0.05, 0.1) is 65.6 Å². The minimum absolute atomic E-state index is 0.385. The van der Waals surface area contributed by atoms with Crippen LogP contribution in [0.2, 0.25) is 0 Å². The normalized spacial score (nSPS) is 10.8. The molecular weight excluding hydrogens is 761 g/mol. The van der Waals surface area contributed by atoms with Gasteiger partial charge in [0.2, 0.25) is 0 Å². The molecule has 0 fully saturated rings. The third kappa shape index (κ3) is 5.87. The van der Waals surface area contributed by atoms with Gasteiger partial charge in [-0.25, -0.2) is 14.5 Å².